The summed E-state index contributed by atoms with van der Waals surface area (Å²) >= 11 is 0. The Hall–Kier alpha value is -3.27. The lowest BCUT2D eigenvalue weighted by molar-refractivity contribution is 0.0940. The van der Waals surface area contributed by atoms with E-state index in [1.165, 1.54) is 16.3 Å². The van der Waals surface area contributed by atoms with Gasteiger partial charge in [-0.15, -0.1) is 0 Å². The topological polar surface area (TPSA) is 71.8 Å². The van der Waals surface area contributed by atoms with Crippen molar-refractivity contribution in [2.24, 2.45) is 7.05 Å². The second-order valence-corrected chi connectivity index (χ2v) is 10.4. The lowest BCUT2D eigenvalue weighted by Gasteiger charge is -2.34. The van der Waals surface area contributed by atoms with Crippen LogP contribution < -0.4 is 9.64 Å². The average molecular weight is 516 g/mol. The van der Waals surface area contributed by atoms with Crippen molar-refractivity contribution >= 4 is 27.8 Å². The molecule has 0 N–H and O–H groups in total. The summed E-state index contributed by atoms with van der Waals surface area (Å²) in [4.78, 5) is 21.0. The monoisotopic (exact) mass is 515 g/mol. The van der Waals surface area contributed by atoms with Crippen molar-refractivity contribution in [1.29, 1.82) is 0 Å². The zero-order valence-corrected chi connectivity index (χ0v) is 22.4. The van der Waals surface area contributed by atoms with Gasteiger partial charge in [-0.2, -0.15) is 0 Å². The maximum atomic E-state index is 6.53. The molecule has 0 radical (unpaired) electrons. The van der Waals surface area contributed by atoms with Crippen LogP contribution in [0.25, 0.3) is 21.9 Å². The van der Waals surface area contributed by atoms with Crippen molar-refractivity contribution in [2.75, 3.05) is 64.5 Å². The van der Waals surface area contributed by atoms with E-state index >= 15 is 0 Å². The molecule has 0 spiro atoms. The van der Waals surface area contributed by atoms with Crippen LogP contribution in [0.15, 0.2) is 49.1 Å². The van der Waals surface area contributed by atoms with Crippen molar-refractivity contribution in [1.82, 2.24) is 29.3 Å². The normalized spacial score (nSPS) is 19.1. The molecule has 0 aliphatic carbocycles. The molecule has 2 aliphatic heterocycles. The van der Waals surface area contributed by atoms with Gasteiger partial charge in [0.05, 0.1) is 19.0 Å². The highest BCUT2D eigenvalue weighted by Gasteiger charge is 2.29. The van der Waals surface area contributed by atoms with Gasteiger partial charge in [0.25, 0.3) is 0 Å². The third-order valence-electron chi connectivity index (χ3n) is 8.00. The number of aryl methyl sites for hydroxylation is 1. The first-order chi connectivity index (χ1) is 18.7. The molecule has 9 nitrogen and oxygen atoms in total. The summed E-state index contributed by atoms with van der Waals surface area (Å²) in [6.07, 6.45) is 5.64. The number of benzene rings is 2. The van der Waals surface area contributed by atoms with E-state index in [1.54, 1.807) is 19.8 Å². The maximum absolute atomic E-state index is 6.53. The highest BCUT2D eigenvalue weighted by molar-refractivity contribution is 5.91. The zero-order chi connectivity index (χ0) is 25.9. The number of nitrogens with zero attached hydrogens (tertiary/aromatic N) is 7. The Bertz CT molecular complexity index is 1380. The van der Waals surface area contributed by atoms with Crippen LogP contribution in [0.3, 0.4) is 0 Å². The summed E-state index contributed by atoms with van der Waals surface area (Å²) in [5, 5.41) is 2.46. The lowest BCUT2D eigenvalue weighted by Crippen LogP contribution is -2.46. The Labute approximate surface area is 224 Å². The van der Waals surface area contributed by atoms with Crippen LogP contribution in [0, 0.1) is 0 Å². The molecule has 6 rings (SSSR count). The number of hydrogen-bond donors (Lipinski definition) is 0. The van der Waals surface area contributed by atoms with E-state index in [9.17, 15) is 0 Å². The number of fused-ring (bicyclic) bond motifs is 2. The van der Waals surface area contributed by atoms with Crippen LogP contribution in [0.1, 0.15) is 18.4 Å². The van der Waals surface area contributed by atoms with Gasteiger partial charge < -0.3 is 18.9 Å². The van der Waals surface area contributed by atoms with Gasteiger partial charge in [-0.05, 0) is 29.9 Å². The number of piperazine rings is 1. The Morgan fingerprint density at radius 2 is 1.74 bits per heavy atom. The average Bonchev–Trinajstić information content (AvgIpc) is 3.59. The molecule has 9 heteroatoms. The first-order valence-corrected chi connectivity index (χ1v) is 13.7. The number of hydrogen-bond acceptors (Lipinski definition) is 8. The molecule has 2 aromatic heterocycles. The Morgan fingerprint density at radius 3 is 2.58 bits per heavy atom. The third-order valence-corrected chi connectivity index (χ3v) is 8.00. The lowest BCUT2D eigenvalue weighted by atomic mass is 10.0. The van der Waals surface area contributed by atoms with Gasteiger partial charge >= 0.3 is 0 Å². The van der Waals surface area contributed by atoms with E-state index in [-0.39, 0.29) is 6.04 Å². The Morgan fingerprint density at radius 1 is 0.921 bits per heavy atom. The van der Waals surface area contributed by atoms with E-state index in [0.717, 1.165) is 88.0 Å². The van der Waals surface area contributed by atoms with Crippen molar-refractivity contribution in [3.63, 3.8) is 0 Å². The van der Waals surface area contributed by atoms with Crippen LogP contribution >= 0.6 is 0 Å². The minimum Gasteiger partial charge on any atom is -0.491 e. The molecular formula is C29H37N7O2. The van der Waals surface area contributed by atoms with Crippen molar-refractivity contribution in [3.05, 3.63) is 54.6 Å². The Kier molecular flexibility index (Phi) is 7.40. The number of anilines is 1. The Balaban J connectivity index is 1.15. The van der Waals surface area contributed by atoms with E-state index in [1.807, 2.05) is 11.6 Å². The zero-order valence-electron chi connectivity index (χ0n) is 22.4. The standard InChI is InChI=1S/C29H37N7O2/c1-33-21-32-27-28(33)30-20-31-29(27)36-11-5-6-23(36)19-38-26-10-9-22(24-7-3-4-8-25(24)26)18-35-14-12-34(13-15-35)16-17-37-2/h3-4,7-10,20-21,23H,5-6,11-19H2,1-2H3/t23-/m1/s1. The van der Waals surface area contributed by atoms with Crippen molar-refractivity contribution in [3.8, 4) is 5.75 Å². The predicted octanol–water partition coefficient (Wildman–Crippen LogP) is 3.33. The van der Waals surface area contributed by atoms with E-state index in [2.05, 4.69) is 66.0 Å². The summed E-state index contributed by atoms with van der Waals surface area (Å²) in [5.74, 6) is 1.86. The first-order valence-electron chi connectivity index (χ1n) is 13.7. The molecule has 4 heterocycles. The van der Waals surface area contributed by atoms with Crippen molar-refractivity contribution < 1.29 is 9.47 Å². The molecule has 38 heavy (non-hydrogen) atoms. The summed E-state index contributed by atoms with van der Waals surface area (Å²) in [7, 11) is 3.74. The highest BCUT2D eigenvalue weighted by atomic mass is 16.5. The van der Waals surface area contributed by atoms with Gasteiger partial charge in [0.2, 0.25) is 0 Å². The smallest absolute Gasteiger partial charge is 0.165 e. The van der Waals surface area contributed by atoms with Crippen LogP contribution in [0.5, 0.6) is 5.75 Å². The molecule has 2 aliphatic rings. The molecule has 4 aromatic rings. The quantitative estimate of drug-likeness (QED) is 0.336. The number of methoxy groups -OCH3 is 1. The fourth-order valence-corrected chi connectivity index (χ4v) is 5.85. The van der Waals surface area contributed by atoms with Crippen LogP contribution in [-0.2, 0) is 18.3 Å². The van der Waals surface area contributed by atoms with Gasteiger partial charge in [-0.25, -0.2) is 15.0 Å². The van der Waals surface area contributed by atoms with Crippen molar-refractivity contribution in [2.45, 2.75) is 25.4 Å². The van der Waals surface area contributed by atoms with Crippen LogP contribution in [0.4, 0.5) is 5.82 Å². The summed E-state index contributed by atoms with van der Waals surface area (Å²) in [6, 6.07) is 13.3. The van der Waals surface area contributed by atoms with Gasteiger partial charge in [-0.3, -0.25) is 9.80 Å². The molecular weight excluding hydrogens is 478 g/mol. The second-order valence-electron chi connectivity index (χ2n) is 10.4. The molecule has 2 saturated heterocycles. The van der Waals surface area contributed by atoms with Crippen LogP contribution in [-0.4, -0.2) is 95.0 Å². The largest absolute Gasteiger partial charge is 0.491 e. The minimum atomic E-state index is 0.253. The molecule has 200 valence electrons. The van der Waals surface area contributed by atoms with Crippen LogP contribution in [0.2, 0.25) is 0 Å². The molecule has 0 amide bonds. The second kappa shape index (κ2) is 11.2. The fourth-order valence-electron chi connectivity index (χ4n) is 5.85. The maximum Gasteiger partial charge on any atom is 0.165 e. The molecule has 1 atom stereocenters. The van der Waals surface area contributed by atoms with E-state index in [4.69, 9.17) is 9.47 Å². The SMILES string of the molecule is COCCN1CCN(Cc2ccc(OC[C@H]3CCCN3c3ncnc4c3ncn4C)c3ccccc23)CC1. The molecule has 0 bridgehead atoms. The third kappa shape index (κ3) is 5.06. The van der Waals surface area contributed by atoms with Gasteiger partial charge in [0.1, 0.15) is 18.7 Å². The van der Waals surface area contributed by atoms with Gasteiger partial charge in [0.15, 0.2) is 17.0 Å². The summed E-state index contributed by atoms with van der Waals surface area (Å²) in [6.45, 7) is 8.71. The fraction of sp³-hybridized carbons (Fsp3) is 0.483. The predicted molar refractivity (Wildman–Crippen MR) is 150 cm³/mol. The number of ether oxygens (including phenoxy) is 2. The minimum absolute atomic E-state index is 0.253. The van der Waals surface area contributed by atoms with Gasteiger partial charge in [0, 0.05) is 65.4 Å². The molecule has 2 fully saturated rings. The molecule has 2 aromatic carbocycles. The van der Waals surface area contributed by atoms with E-state index < -0.39 is 0 Å². The summed E-state index contributed by atoms with van der Waals surface area (Å²) in [5.41, 5.74) is 3.08. The summed E-state index contributed by atoms with van der Waals surface area (Å²) < 4.78 is 13.7. The number of imidazole rings is 1. The van der Waals surface area contributed by atoms with E-state index in [0.29, 0.717) is 6.61 Å². The number of aromatic nitrogens is 4. The molecule has 0 unspecified atom stereocenters. The highest BCUT2D eigenvalue weighted by Crippen LogP contribution is 2.32. The molecule has 0 saturated carbocycles. The first kappa shape index (κ1) is 25.0. The van der Waals surface area contributed by atoms with Gasteiger partial charge in [-0.1, -0.05) is 30.3 Å². The number of rotatable bonds is 9.